The van der Waals surface area contributed by atoms with Crippen molar-refractivity contribution >= 4 is 17.6 Å². The van der Waals surface area contributed by atoms with Crippen LogP contribution in [0, 0.1) is 6.92 Å². The van der Waals surface area contributed by atoms with Gasteiger partial charge >= 0.3 is 6.03 Å². The highest BCUT2D eigenvalue weighted by Gasteiger charge is 2.09. The summed E-state index contributed by atoms with van der Waals surface area (Å²) in [5, 5.41) is 8.30. The number of carbonyl (C=O) groups excluding carboxylic acids is 2. The van der Waals surface area contributed by atoms with Crippen LogP contribution in [0.3, 0.4) is 0 Å². The van der Waals surface area contributed by atoms with Crippen molar-refractivity contribution in [1.82, 2.24) is 20.6 Å². The minimum absolute atomic E-state index is 0.176. The molecule has 0 aliphatic heterocycles. The lowest BCUT2D eigenvalue weighted by molar-refractivity contribution is 0.0937. The molecule has 0 fully saturated rings. The number of ether oxygens (including phenoxy) is 1. The van der Waals surface area contributed by atoms with E-state index in [4.69, 9.17) is 4.74 Å². The van der Waals surface area contributed by atoms with Crippen LogP contribution >= 0.6 is 0 Å². The average Bonchev–Trinajstić information content (AvgIpc) is 2.64. The molecule has 1 aromatic heterocycles. The van der Waals surface area contributed by atoms with Crippen molar-refractivity contribution in [3.8, 4) is 0 Å². The van der Waals surface area contributed by atoms with Crippen molar-refractivity contribution in [3.63, 3.8) is 0 Å². The number of rotatable bonds is 8. The molecule has 3 N–H and O–H groups in total. The van der Waals surface area contributed by atoms with Crippen molar-refractivity contribution in [3.05, 3.63) is 53.6 Å². The van der Waals surface area contributed by atoms with Crippen LogP contribution in [0.1, 0.15) is 21.6 Å². The quantitative estimate of drug-likeness (QED) is 0.621. The number of anilines is 1. The molecule has 26 heavy (non-hydrogen) atoms. The van der Waals surface area contributed by atoms with Gasteiger partial charge in [-0.05, 0) is 30.7 Å². The Morgan fingerprint density at radius 3 is 2.69 bits per heavy atom. The van der Waals surface area contributed by atoms with Gasteiger partial charge in [0.2, 0.25) is 0 Å². The summed E-state index contributed by atoms with van der Waals surface area (Å²) in [7, 11) is 1.58. The first-order valence-corrected chi connectivity index (χ1v) is 8.27. The summed E-state index contributed by atoms with van der Waals surface area (Å²) >= 11 is 0. The van der Waals surface area contributed by atoms with E-state index in [1.807, 2.05) is 6.92 Å². The molecule has 0 bridgehead atoms. The zero-order valence-corrected chi connectivity index (χ0v) is 14.9. The highest BCUT2D eigenvalue weighted by Crippen LogP contribution is 2.16. The van der Waals surface area contributed by atoms with Crippen LogP contribution in [0.5, 0.6) is 0 Å². The molecule has 0 aliphatic carbocycles. The number of benzene rings is 1. The fraction of sp³-hybridized carbons (Fsp3) is 0.333. The van der Waals surface area contributed by atoms with Crippen molar-refractivity contribution < 1.29 is 14.3 Å². The smallest absolute Gasteiger partial charge is 0.319 e. The van der Waals surface area contributed by atoms with Gasteiger partial charge in [-0.3, -0.25) is 14.8 Å². The Morgan fingerprint density at radius 1 is 1.15 bits per heavy atom. The van der Waals surface area contributed by atoms with Crippen LogP contribution in [0.4, 0.5) is 10.5 Å². The van der Waals surface area contributed by atoms with Gasteiger partial charge in [-0.25, -0.2) is 4.79 Å². The molecular weight excluding hydrogens is 334 g/mol. The number of hydrogen-bond acceptors (Lipinski definition) is 5. The minimum atomic E-state index is -0.311. The molecule has 3 amide bonds. The van der Waals surface area contributed by atoms with E-state index in [0.29, 0.717) is 37.4 Å². The number of aryl methyl sites for hydroxylation is 1. The van der Waals surface area contributed by atoms with Crippen LogP contribution in [0.2, 0.25) is 0 Å². The van der Waals surface area contributed by atoms with Gasteiger partial charge in [-0.1, -0.05) is 0 Å². The zero-order chi connectivity index (χ0) is 18.8. The van der Waals surface area contributed by atoms with Crippen molar-refractivity contribution in [2.75, 3.05) is 32.1 Å². The Bertz CT molecular complexity index is 737. The molecule has 0 radical (unpaired) electrons. The number of nitrogens with one attached hydrogen (secondary N) is 3. The first-order valence-electron chi connectivity index (χ1n) is 8.27. The predicted octanol–water partition coefficient (Wildman–Crippen LogP) is 1.53. The summed E-state index contributed by atoms with van der Waals surface area (Å²) in [5.41, 5.74) is 2.80. The number of hydrogen-bond donors (Lipinski definition) is 3. The van der Waals surface area contributed by atoms with Gasteiger partial charge in [0.15, 0.2) is 0 Å². The lowest BCUT2D eigenvalue weighted by Crippen LogP contribution is -2.31. The van der Waals surface area contributed by atoms with Crippen molar-refractivity contribution in [2.24, 2.45) is 0 Å². The summed E-state index contributed by atoms with van der Waals surface area (Å²) < 4.78 is 4.90. The van der Waals surface area contributed by atoms with Gasteiger partial charge in [0.1, 0.15) is 0 Å². The second-order valence-corrected chi connectivity index (χ2v) is 5.61. The van der Waals surface area contributed by atoms with Gasteiger partial charge in [-0.2, -0.15) is 0 Å². The molecule has 0 saturated heterocycles. The minimum Gasteiger partial charge on any atom is -0.383 e. The Morgan fingerprint density at radius 2 is 2.00 bits per heavy atom. The summed E-state index contributed by atoms with van der Waals surface area (Å²) in [5.74, 6) is -0.176. The number of urea groups is 1. The molecule has 8 nitrogen and oxygen atoms in total. The normalized spacial score (nSPS) is 10.2. The number of aromatic nitrogens is 2. The third kappa shape index (κ3) is 6.14. The molecule has 0 unspecified atom stereocenters. The highest BCUT2D eigenvalue weighted by molar-refractivity contribution is 5.96. The first kappa shape index (κ1) is 19.3. The van der Waals surface area contributed by atoms with Gasteiger partial charge in [-0.15, -0.1) is 0 Å². The van der Waals surface area contributed by atoms with E-state index in [1.54, 1.807) is 43.9 Å². The summed E-state index contributed by atoms with van der Waals surface area (Å²) in [6.45, 7) is 3.19. The molecule has 0 aliphatic rings. The third-order valence-corrected chi connectivity index (χ3v) is 3.61. The van der Waals surface area contributed by atoms with Crippen LogP contribution in [0.25, 0.3) is 0 Å². The maximum atomic E-state index is 12.0. The molecule has 2 aromatic rings. The largest absolute Gasteiger partial charge is 0.383 e. The fourth-order valence-corrected chi connectivity index (χ4v) is 2.24. The molecule has 1 aromatic carbocycles. The second kappa shape index (κ2) is 10.1. The monoisotopic (exact) mass is 357 g/mol. The number of carbonyl (C=O) groups is 2. The van der Waals surface area contributed by atoms with Crippen molar-refractivity contribution in [1.29, 1.82) is 0 Å². The first-order chi connectivity index (χ1) is 12.6. The summed E-state index contributed by atoms with van der Waals surface area (Å²) in [4.78, 5) is 32.1. The van der Waals surface area contributed by atoms with Gasteiger partial charge in [0.05, 0.1) is 12.3 Å². The maximum absolute atomic E-state index is 12.0. The van der Waals surface area contributed by atoms with E-state index < -0.39 is 0 Å². The van der Waals surface area contributed by atoms with Gasteiger partial charge in [0.25, 0.3) is 5.91 Å². The summed E-state index contributed by atoms with van der Waals surface area (Å²) in [6.07, 6.45) is 5.49. The average molecular weight is 357 g/mol. The van der Waals surface area contributed by atoms with Crippen LogP contribution in [-0.2, 0) is 11.2 Å². The lowest BCUT2D eigenvalue weighted by Gasteiger charge is -2.11. The molecule has 138 valence electrons. The van der Waals surface area contributed by atoms with E-state index in [9.17, 15) is 9.59 Å². The molecule has 8 heteroatoms. The van der Waals surface area contributed by atoms with Crippen LogP contribution in [-0.4, -0.2) is 48.7 Å². The lowest BCUT2D eigenvalue weighted by atomic mass is 10.1. The molecular formula is C18H23N5O3. The number of nitrogens with zero attached hydrogens (tertiary/aromatic N) is 2. The summed E-state index contributed by atoms with van der Waals surface area (Å²) in [6, 6.07) is 4.80. The third-order valence-electron chi connectivity index (χ3n) is 3.61. The molecule has 2 rings (SSSR count). The number of methoxy groups -OCH3 is 1. The van der Waals surface area contributed by atoms with E-state index in [0.717, 1.165) is 11.3 Å². The van der Waals surface area contributed by atoms with Crippen molar-refractivity contribution in [2.45, 2.75) is 13.3 Å². The topological polar surface area (TPSA) is 105 Å². The standard InChI is InChI=1S/C18H23N5O3/c1-13-11-14(17(24)21-9-10-26-2)3-4-16(13)23-18(25)22-6-5-15-12-19-7-8-20-15/h3-4,7-8,11-12H,5-6,9-10H2,1-2H3,(H,21,24)(H2,22,23,25). The number of amides is 3. The van der Waals surface area contributed by atoms with Crippen LogP contribution < -0.4 is 16.0 Å². The second-order valence-electron chi connectivity index (χ2n) is 5.61. The molecule has 0 spiro atoms. The van der Waals surface area contributed by atoms with Gasteiger partial charge < -0.3 is 20.7 Å². The van der Waals surface area contributed by atoms with Crippen LogP contribution in [0.15, 0.2) is 36.8 Å². The highest BCUT2D eigenvalue weighted by atomic mass is 16.5. The van der Waals surface area contributed by atoms with E-state index in [-0.39, 0.29) is 11.9 Å². The zero-order valence-electron chi connectivity index (χ0n) is 14.9. The van der Waals surface area contributed by atoms with E-state index in [1.165, 1.54) is 0 Å². The molecule has 0 saturated carbocycles. The molecule has 1 heterocycles. The van der Waals surface area contributed by atoms with E-state index >= 15 is 0 Å². The SMILES string of the molecule is COCCNC(=O)c1ccc(NC(=O)NCCc2cnccn2)c(C)c1. The Kier molecular flexibility index (Phi) is 7.50. The fourth-order valence-electron chi connectivity index (χ4n) is 2.24. The Hall–Kier alpha value is -3.00. The predicted molar refractivity (Wildman–Crippen MR) is 98.1 cm³/mol. The molecule has 0 atom stereocenters. The van der Waals surface area contributed by atoms with E-state index in [2.05, 4.69) is 25.9 Å². The Labute approximate surface area is 152 Å². The maximum Gasteiger partial charge on any atom is 0.319 e. The Balaban J connectivity index is 1.83. The van der Waals surface area contributed by atoms with Gasteiger partial charge in [0, 0.05) is 56.5 Å².